The third-order valence-electron chi connectivity index (χ3n) is 4.18. The fraction of sp³-hybridized carbons (Fsp3) is 0.438. The monoisotopic (exact) mass is 286 g/mol. The number of likely N-dealkylation sites (tertiary alicyclic amines) is 1. The summed E-state index contributed by atoms with van der Waals surface area (Å²) in [6.45, 7) is 3.15. The van der Waals surface area contributed by atoms with Gasteiger partial charge in [-0.15, -0.1) is 0 Å². The second-order valence-electron chi connectivity index (χ2n) is 5.80. The van der Waals surface area contributed by atoms with Crippen LogP contribution in [0.25, 0.3) is 10.9 Å². The highest BCUT2D eigenvalue weighted by atomic mass is 16.1. The van der Waals surface area contributed by atoms with Crippen molar-refractivity contribution in [3.8, 4) is 0 Å². The molecule has 1 aromatic carbocycles. The number of nitrogens with two attached hydrogens (primary N) is 1. The normalized spacial score (nSPS) is 17.3. The molecular formula is C16H22N4O. The first-order valence-electron chi connectivity index (χ1n) is 7.51. The molecule has 4 N–H and O–H groups in total. The van der Waals surface area contributed by atoms with Gasteiger partial charge in [-0.2, -0.15) is 0 Å². The van der Waals surface area contributed by atoms with E-state index in [0.29, 0.717) is 12.6 Å². The van der Waals surface area contributed by atoms with Crippen molar-refractivity contribution in [1.82, 2.24) is 15.2 Å². The Hall–Kier alpha value is -1.85. The number of aromatic amines is 1. The number of carbonyl (C=O) groups is 1. The van der Waals surface area contributed by atoms with E-state index in [2.05, 4.69) is 39.5 Å². The molecule has 112 valence electrons. The minimum atomic E-state index is -0.236. The first-order chi connectivity index (χ1) is 10.2. The van der Waals surface area contributed by atoms with Crippen LogP contribution in [0.4, 0.5) is 0 Å². The van der Waals surface area contributed by atoms with Crippen LogP contribution in [0.3, 0.4) is 0 Å². The summed E-state index contributed by atoms with van der Waals surface area (Å²) in [5, 5.41) is 4.86. The lowest BCUT2D eigenvalue weighted by Gasteiger charge is -2.31. The molecule has 2 aromatic rings. The second kappa shape index (κ2) is 6.28. The Balaban J connectivity index is 1.48. The Labute approximate surface area is 124 Å². The van der Waals surface area contributed by atoms with E-state index < -0.39 is 0 Å². The zero-order valence-corrected chi connectivity index (χ0v) is 12.1. The van der Waals surface area contributed by atoms with Crippen LogP contribution >= 0.6 is 0 Å². The van der Waals surface area contributed by atoms with Gasteiger partial charge in [0.15, 0.2) is 0 Å². The average Bonchev–Trinajstić information content (AvgIpc) is 2.93. The molecule has 5 heteroatoms. The van der Waals surface area contributed by atoms with Gasteiger partial charge in [-0.05, 0) is 35.9 Å². The smallest absolute Gasteiger partial charge is 0.231 e. The summed E-state index contributed by atoms with van der Waals surface area (Å²) in [7, 11) is 0. The molecule has 1 aliphatic rings. The summed E-state index contributed by atoms with van der Waals surface area (Å²) < 4.78 is 0. The molecule has 0 bridgehead atoms. The number of nitrogens with one attached hydrogen (secondary N) is 2. The lowest BCUT2D eigenvalue weighted by atomic mass is 10.0. The first kappa shape index (κ1) is 14.1. The van der Waals surface area contributed by atoms with E-state index in [1.807, 2.05) is 6.20 Å². The molecule has 1 aromatic heterocycles. The molecule has 1 aliphatic heterocycles. The summed E-state index contributed by atoms with van der Waals surface area (Å²) in [5.74, 6) is -0.236. The Kier molecular flexibility index (Phi) is 4.22. The number of fused-ring (bicyclic) bond motifs is 1. The van der Waals surface area contributed by atoms with Crippen molar-refractivity contribution in [3.05, 3.63) is 36.0 Å². The van der Waals surface area contributed by atoms with Crippen LogP contribution in [0.15, 0.2) is 30.5 Å². The molecule has 21 heavy (non-hydrogen) atoms. The minimum Gasteiger partial charge on any atom is -0.369 e. The van der Waals surface area contributed by atoms with Gasteiger partial charge in [0.25, 0.3) is 0 Å². The van der Waals surface area contributed by atoms with Crippen LogP contribution in [-0.2, 0) is 11.3 Å². The van der Waals surface area contributed by atoms with Crippen LogP contribution in [0.5, 0.6) is 0 Å². The number of primary amides is 1. The standard InChI is InChI=1S/C16H22N4O/c17-16(21)11-20-7-4-14(5-8-20)19-10-12-1-2-13-3-6-18-15(13)9-12/h1-3,6,9,14,18-19H,4-5,7-8,10-11H2,(H2,17,21). The highest BCUT2D eigenvalue weighted by molar-refractivity contribution is 5.79. The third kappa shape index (κ3) is 3.62. The van der Waals surface area contributed by atoms with Crippen molar-refractivity contribution in [3.63, 3.8) is 0 Å². The number of hydrogen-bond acceptors (Lipinski definition) is 3. The maximum absolute atomic E-state index is 10.9. The zero-order chi connectivity index (χ0) is 14.7. The average molecular weight is 286 g/mol. The largest absolute Gasteiger partial charge is 0.369 e. The SMILES string of the molecule is NC(=O)CN1CCC(NCc2ccc3cc[nH]c3c2)CC1. The van der Waals surface area contributed by atoms with E-state index in [9.17, 15) is 4.79 Å². The van der Waals surface area contributed by atoms with Crippen LogP contribution in [0, 0.1) is 0 Å². The molecule has 0 radical (unpaired) electrons. The zero-order valence-electron chi connectivity index (χ0n) is 12.1. The predicted molar refractivity (Wildman–Crippen MR) is 83.8 cm³/mol. The molecule has 1 saturated heterocycles. The summed E-state index contributed by atoms with van der Waals surface area (Å²) in [6, 6.07) is 9.13. The minimum absolute atomic E-state index is 0.236. The lowest BCUT2D eigenvalue weighted by molar-refractivity contribution is -0.119. The fourth-order valence-electron chi connectivity index (χ4n) is 2.98. The number of benzene rings is 1. The third-order valence-corrected chi connectivity index (χ3v) is 4.18. The first-order valence-corrected chi connectivity index (χ1v) is 7.51. The molecule has 0 spiro atoms. The Bertz CT molecular complexity index is 614. The van der Waals surface area contributed by atoms with Crippen molar-refractivity contribution in [1.29, 1.82) is 0 Å². The van der Waals surface area contributed by atoms with E-state index in [1.165, 1.54) is 16.5 Å². The maximum atomic E-state index is 10.9. The number of nitrogens with zero attached hydrogens (tertiary/aromatic N) is 1. The maximum Gasteiger partial charge on any atom is 0.231 e. The van der Waals surface area contributed by atoms with E-state index in [0.717, 1.165) is 32.5 Å². The number of aromatic nitrogens is 1. The number of H-pyrrole nitrogens is 1. The van der Waals surface area contributed by atoms with Crippen LogP contribution in [0.1, 0.15) is 18.4 Å². The number of carbonyl (C=O) groups excluding carboxylic acids is 1. The number of amides is 1. The predicted octanol–water partition coefficient (Wildman–Crippen LogP) is 1.21. The summed E-state index contributed by atoms with van der Waals surface area (Å²) in [5.41, 5.74) is 7.71. The summed E-state index contributed by atoms with van der Waals surface area (Å²) >= 11 is 0. The molecule has 0 unspecified atom stereocenters. The van der Waals surface area contributed by atoms with Gasteiger partial charge in [0, 0.05) is 37.4 Å². The highest BCUT2D eigenvalue weighted by Gasteiger charge is 2.19. The molecular weight excluding hydrogens is 264 g/mol. The van der Waals surface area contributed by atoms with Crippen molar-refractivity contribution in [2.45, 2.75) is 25.4 Å². The molecule has 0 aliphatic carbocycles. The van der Waals surface area contributed by atoms with Crippen LogP contribution in [0.2, 0.25) is 0 Å². The Morgan fingerprint density at radius 3 is 2.90 bits per heavy atom. The summed E-state index contributed by atoms with van der Waals surface area (Å²) in [4.78, 5) is 16.3. The van der Waals surface area contributed by atoms with Gasteiger partial charge in [0.05, 0.1) is 6.54 Å². The lowest BCUT2D eigenvalue weighted by Crippen LogP contribution is -2.45. The number of piperidine rings is 1. The molecule has 2 heterocycles. The van der Waals surface area contributed by atoms with Crippen molar-refractivity contribution in [2.75, 3.05) is 19.6 Å². The van der Waals surface area contributed by atoms with Crippen LogP contribution < -0.4 is 11.1 Å². The fourth-order valence-corrected chi connectivity index (χ4v) is 2.98. The van der Waals surface area contributed by atoms with E-state index >= 15 is 0 Å². The van der Waals surface area contributed by atoms with Gasteiger partial charge >= 0.3 is 0 Å². The molecule has 5 nitrogen and oxygen atoms in total. The number of rotatable bonds is 5. The topological polar surface area (TPSA) is 74.2 Å². The van der Waals surface area contributed by atoms with E-state index in [1.54, 1.807) is 0 Å². The van der Waals surface area contributed by atoms with Gasteiger partial charge in [-0.25, -0.2) is 0 Å². The molecule has 1 amide bonds. The Morgan fingerprint density at radius 1 is 1.33 bits per heavy atom. The molecule has 1 fully saturated rings. The van der Waals surface area contributed by atoms with Crippen molar-refractivity contribution >= 4 is 16.8 Å². The summed E-state index contributed by atoms with van der Waals surface area (Å²) in [6.07, 6.45) is 4.10. The molecule has 0 saturated carbocycles. The quantitative estimate of drug-likeness (QED) is 0.773. The van der Waals surface area contributed by atoms with Crippen LogP contribution in [-0.4, -0.2) is 41.5 Å². The number of hydrogen-bond donors (Lipinski definition) is 3. The van der Waals surface area contributed by atoms with E-state index in [4.69, 9.17) is 5.73 Å². The van der Waals surface area contributed by atoms with Crippen molar-refractivity contribution in [2.24, 2.45) is 5.73 Å². The molecule has 0 atom stereocenters. The van der Waals surface area contributed by atoms with Gasteiger partial charge in [0.1, 0.15) is 0 Å². The van der Waals surface area contributed by atoms with Gasteiger partial charge in [-0.3, -0.25) is 9.69 Å². The van der Waals surface area contributed by atoms with Crippen molar-refractivity contribution < 1.29 is 4.79 Å². The second-order valence-corrected chi connectivity index (χ2v) is 5.80. The van der Waals surface area contributed by atoms with Gasteiger partial charge in [-0.1, -0.05) is 12.1 Å². The highest BCUT2D eigenvalue weighted by Crippen LogP contribution is 2.15. The van der Waals surface area contributed by atoms with E-state index in [-0.39, 0.29) is 5.91 Å². The van der Waals surface area contributed by atoms with Gasteiger partial charge in [0.2, 0.25) is 5.91 Å². The molecule has 3 rings (SSSR count). The van der Waals surface area contributed by atoms with Gasteiger partial charge < -0.3 is 16.0 Å². The Morgan fingerprint density at radius 2 is 2.14 bits per heavy atom.